The second-order valence-electron chi connectivity index (χ2n) is 3.36. The number of sulfonamides is 1. The Morgan fingerprint density at radius 1 is 1.65 bits per heavy atom. The van der Waals surface area contributed by atoms with Crippen molar-refractivity contribution >= 4 is 27.3 Å². The van der Waals surface area contributed by atoms with Gasteiger partial charge in [-0.2, -0.15) is 0 Å². The van der Waals surface area contributed by atoms with Gasteiger partial charge in [-0.05, 0) is 18.4 Å². The number of carbonyl (C=O) groups is 1. The first kappa shape index (κ1) is 14.1. The van der Waals surface area contributed by atoms with Crippen molar-refractivity contribution in [2.75, 3.05) is 13.7 Å². The second-order valence-corrected chi connectivity index (χ2v) is 5.96. The van der Waals surface area contributed by atoms with Gasteiger partial charge in [0, 0.05) is 12.6 Å². The molecule has 6 nitrogen and oxygen atoms in total. The molecule has 1 aromatic heterocycles. The lowest BCUT2D eigenvalue weighted by Gasteiger charge is -2.11. The van der Waals surface area contributed by atoms with Gasteiger partial charge in [-0.15, -0.1) is 11.3 Å². The van der Waals surface area contributed by atoms with Gasteiger partial charge < -0.3 is 10.5 Å². The Hall–Kier alpha value is -0.960. The van der Waals surface area contributed by atoms with Gasteiger partial charge in [-0.1, -0.05) is 0 Å². The lowest BCUT2D eigenvalue weighted by Crippen LogP contribution is -2.38. The number of carbonyl (C=O) groups excluding carboxylic acids is 1. The standard InChI is InChI=1S/C9H14N2O4S2/c1-6(5-10)11-17(13,14)7-3-4-16-8(7)9(12)15-2/h3-4,6,11H,5,10H2,1-2H3/t6-/m1/s1. The Labute approximate surface area is 104 Å². The summed E-state index contributed by atoms with van der Waals surface area (Å²) in [4.78, 5) is 11.4. The highest BCUT2D eigenvalue weighted by atomic mass is 32.2. The van der Waals surface area contributed by atoms with Gasteiger partial charge in [0.15, 0.2) is 0 Å². The van der Waals surface area contributed by atoms with E-state index in [4.69, 9.17) is 5.73 Å². The number of nitrogens with one attached hydrogen (secondary N) is 1. The zero-order chi connectivity index (χ0) is 13.1. The van der Waals surface area contributed by atoms with Crippen molar-refractivity contribution < 1.29 is 17.9 Å². The number of rotatable bonds is 5. The van der Waals surface area contributed by atoms with Crippen molar-refractivity contribution in [3.63, 3.8) is 0 Å². The fraction of sp³-hybridized carbons (Fsp3) is 0.444. The van der Waals surface area contributed by atoms with E-state index in [9.17, 15) is 13.2 Å². The quantitative estimate of drug-likeness (QED) is 0.748. The Kier molecular flexibility index (Phi) is 4.63. The van der Waals surface area contributed by atoms with Crippen molar-refractivity contribution in [2.24, 2.45) is 5.73 Å². The van der Waals surface area contributed by atoms with E-state index < -0.39 is 22.0 Å². The van der Waals surface area contributed by atoms with Gasteiger partial charge in [0.2, 0.25) is 10.0 Å². The third-order valence-electron chi connectivity index (χ3n) is 2.00. The maximum absolute atomic E-state index is 11.9. The molecule has 0 bridgehead atoms. The highest BCUT2D eigenvalue weighted by Crippen LogP contribution is 2.22. The van der Waals surface area contributed by atoms with Crippen molar-refractivity contribution in [3.05, 3.63) is 16.3 Å². The van der Waals surface area contributed by atoms with Crippen molar-refractivity contribution in [3.8, 4) is 0 Å². The lowest BCUT2D eigenvalue weighted by atomic mass is 10.4. The van der Waals surface area contributed by atoms with E-state index in [0.29, 0.717) is 0 Å². The molecule has 0 aliphatic heterocycles. The average Bonchev–Trinajstić information content (AvgIpc) is 2.76. The molecule has 0 saturated carbocycles. The summed E-state index contributed by atoms with van der Waals surface area (Å²) in [5, 5.41) is 1.52. The molecule has 1 heterocycles. The number of ether oxygens (including phenoxy) is 1. The number of hydrogen-bond acceptors (Lipinski definition) is 6. The largest absolute Gasteiger partial charge is 0.465 e. The molecular weight excluding hydrogens is 264 g/mol. The van der Waals surface area contributed by atoms with Crippen LogP contribution < -0.4 is 10.5 Å². The van der Waals surface area contributed by atoms with Gasteiger partial charge in [0.05, 0.1) is 7.11 Å². The highest BCUT2D eigenvalue weighted by Gasteiger charge is 2.25. The van der Waals surface area contributed by atoms with Crippen LogP contribution >= 0.6 is 11.3 Å². The van der Waals surface area contributed by atoms with E-state index in [0.717, 1.165) is 11.3 Å². The smallest absolute Gasteiger partial charge is 0.349 e. The van der Waals surface area contributed by atoms with Crippen LogP contribution in [0.3, 0.4) is 0 Å². The van der Waals surface area contributed by atoms with Gasteiger partial charge in [-0.3, -0.25) is 0 Å². The van der Waals surface area contributed by atoms with Crippen LogP contribution in [0.4, 0.5) is 0 Å². The molecule has 1 aromatic rings. The van der Waals surface area contributed by atoms with Crippen molar-refractivity contribution in [2.45, 2.75) is 17.9 Å². The van der Waals surface area contributed by atoms with Gasteiger partial charge in [0.1, 0.15) is 9.77 Å². The fourth-order valence-electron chi connectivity index (χ4n) is 1.13. The molecule has 1 atom stereocenters. The molecule has 17 heavy (non-hydrogen) atoms. The van der Waals surface area contributed by atoms with Crippen LogP contribution in [0.1, 0.15) is 16.6 Å². The SMILES string of the molecule is COC(=O)c1sccc1S(=O)(=O)N[C@H](C)CN. The third kappa shape index (κ3) is 3.25. The summed E-state index contributed by atoms with van der Waals surface area (Å²) in [7, 11) is -2.53. The molecule has 96 valence electrons. The summed E-state index contributed by atoms with van der Waals surface area (Å²) in [5.41, 5.74) is 5.34. The van der Waals surface area contributed by atoms with Crippen LogP contribution in [0.2, 0.25) is 0 Å². The fourth-order valence-corrected chi connectivity index (χ4v) is 3.72. The van der Waals surface area contributed by atoms with Crippen LogP contribution in [-0.2, 0) is 14.8 Å². The summed E-state index contributed by atoms with van der Waals surface area (Å²) in [6.45, 7) is 1.82. The molecule has 1 rings (SSSR count). The zero-order valence-corrected chi connectivity index (χ0v) is 11.1. The molecule has 0 fully saturated rings. The van der Waals surface area contributed by atoms with E-state index in [1.165, 1.54) is 18.6 Å². The molecule has 0 aliphatic carbocycles. The normalized spacial score (nSPS) is 13.4. The van der Waals surface area contributed by atoms with Gasteiger partial charge in [0.25, 0.3) is 0 Å². The minimum Gasteiger partial charge on any atom is -0.465 e. The van der Waals surface area contributed by atoms with Gasteiger partial charge >= 0.3 is 5.97 Å². The predicted molar refractivity (Wildman–Crippen MR) is 64.5 cm³/mol. The van der Waals surface area contributed by atoms with E-state index in [1.807, 2.05) is 0 Å². The number of methoxy groups -OCH3 is 1. The lowest BCUT2D eigenvalue weighted by molar-refractivity contribution is 0.0602. The Balaban J connectivity index is 3.08. The molecule has 0 saturated heterocycles. The zero-order valence-electron chi connectivity index (χ0n) is 9.47. The molecule has 0 spiro atoms. The molecule has 0 unspecified atom stereocenters. The van der Waals surface area contributed by atoms with E-state index in [-0.39, 0.29) is 16.3 Å². The number of hydrogen-bond donors (Lipinski definition) is 2. The summed E-state index contributed by atoms with van der Waals surface area (Å²) < 4.78 is 30.8. The predicted octanol–water partition coefficient (Wildman–Crippen LogP) is 0.160. The third-order valence-corrected chi connectivity index (χ3v) is 4.65. The van der Waals surface area contributed by atoms with Crippen LogP contribution in [0.5, 0.6) is 0 Å². The van der Waals surface area contributed by atoms with Crippen molar-refractivity contribution in [1.82, 2.24) is 4.72 Å². The molecule has 3 N–H and O–H groups in total. The molecule has 8 heteroatoms. The monoisotopic (exact) mass is 278 g/mol. The Morgan fingerprint density at radius 3 is 2.82 bits per heavy atom. The molecular formula is C9H14N2O4S2. The van der Waals surface area contributed by atoms with Gasteiger partial charge in [-0.25, -0.2) is 17.9 Å². The minimum absolute atomic E-state index is 0.0595. The number of thiophene rings is 1. The summed E-state index contributed by atoms with van der Waals surface area (Å²) in [6.07, 6.45) is 0. The maximum Gasteiger partial charge on any atom is 0.349 e. The number of esters is 1. The first-order valence-corrected chi connectivity index (χ1v) is 7.17. The summed E-state index contributed by atoms with van der Waals surface area (Å²) in [5.74, 6) is -0.666. The van der Waals surface area contributed by atoms with Crippen LogP contribution in [0.15, 0.2) is 16.3 Å². The highest BCUT2D eigenvalue weighted by molar-refractivity contribution is 7.89. The summed E-state index contributed by atoms with van der Waals surface area (Å²) in [6, 6.07) is 0.966. The van der Waals surface area contributed by atoms with E-state index >= 15 is 0 Å². The molecule has 0 aliphatic rings. The van der Waals surface area contributed by atoms with E-state index in [1.54, 1.807) is 6.92 Å². The Morgan fingerprint density at radius 2 is 2.29 bits per heavy atom. The first-order valence-electron chi connectivity index (χ1n) is 4.80. The topological polar surface area (TPSA) is 98.5 Å². The first-order chi connectivity index (χ1) is 7.92. The second kappa shape index (κ2) is 5.58. The molecule has 0 radical (unpaired) electrons. The van der Waals surface area contributed by atoms with Crippen LogP contribution in [0.25, 0.3) is 0 Å². The molecule has 0 aromatic carbocycles. The molecule has 0 amide bonds. The minimum atomic E-state index is -3.73. The maximum atomic E-state index is 11.9. The Bertz CT molecular complexity index is 495. The number of nitrogens with two attached hydrogens (primary N) is 1. The van der Waals surface area contributed by atoms with Crippen LogP contribution in [0, 0.1) is 0 Å². The summed E-state index contributed by atoms with van der Waals surface area (Å²) >= 11 is 1.02. The van der Waals surface area contributed by atoms with Crippen molar-refractivity contribution in [1.29, 1.82) is 0 Å². The average molecular weight is 278 g/mol. The van der Waals surface area contributed by atoms with Crippen LogP contribution in [-0.4, -0.2) is 34.1 Å². The van der Waals surface area contributed by atoms with E-state index in [2.05, 4.69) is 9.46 Å².